The highest BCUT2D eigenvalue weighted by Gasteiger charge is 2.52. The molecule has 1 amide bonds. The van der Waals surface area contributed by atoms with Crippen LogP contribution in [0.25, 0.3) is 0 Å². The predicted octanol–water partition coefficient (Wildman–Crippen LogP) is 3.27. The number of ether oxygens (including phenoxy) is 2. The molecule has 3 rings (SSSR count). The summed E-state index contributed by atoms with van der Waals surface area (Å²) in [7, 11) is 1.62. The van der Waals surface area contributed by atoms with E-state index < -0.39 is 12.1 Å². The second-order valence-corrected chi connectivity index (χ2v) is 6.08. The molecule has 25 heavy (non-hydrogen) atoms. The Morgan fingerprint density at radius 2 is 1.72 bits per heavy atom. The summed E-state index contributed by atoms with van der Waals surface area (Å²) in [6.45, 7) is 3.30. The molecule has 1 saturated heterocycles. The third kappa shape index (κ3) is 3.22. The number of benzene rings is 2. The number of rotatable bonds is 5. The number of carbonyl (C=O) groups excluding carboxylic acids is 2. The molecule has 1 aliphatic heterocycles. The van der Waals surface area contributed by atoms with Crippen molar-refractivity contribution in [1.82, 2.24) is 4.90 Å². The third-order valence-electron chi connectivity index (χ3n) is 4.53. The first-order chi connectivity index (χ1) is 12.0. The number of nitrogens with zero attached hydrogens (tertiary/aromatic N) is 1. The maximum atomic E-state index is 12.6. The fourth-order valence-electron chi connectivity index (χ4n) is 3.24. The van der Waals surface area contributed by atoms with Crippen molar-refractivity contribution in [3.63, 3.8) is 0 Å². The lowest BCUT2D eigenvalue weighted by molar-refractivity contribution is -0.186. The first kappa shape index (κ1) is 17.0. The fraction of sp³-hybridized carbons (Fsp3) is 0.300. The normalized spacial score (nSPS) is 20.6. The van der Waals surface area contributed by atoms with Gasteiger partial charge in [-0.1, -0.05) is 42.5 Å². The van der Waals surface area contributed by atoms with Crippen LogP contribution < -0.4 is 4.74 Å². The zero-order valence-electron chi connectivity index (χ0n) is 14.5. The molecule has 130 valence electrons. The second-order valence-electron chi connectivity index (χ2n) is 6.08. The van der Waals surface area contributed by atoms with Gasteiger partial charge in [0, 0.05) is 6.92 Å². The van der Waals surface area contributed by atoms with E-state index in [1.807, 2.05) is 61.5 Å². The molecule has 0 saturated carbocycles. The summed E-state index contributed by atoms with van der Waals surface area (Å²) < 4.78 is 10.5. The Hall–Kier alpha value is -2.82. The molecule has 2 aromatic rings. The summed E-state index contributed by atoms with van der Waals surface area (Å²) in [5, 5.41) is 0. The monoisotopic (exact) mass is 339 g/mol. The molecule has 3 atom stereocenters. The van der Waals surface area contributed by atoms with Gasteiger partial charge in [-0.15, -0.1) is 0 Å². The zero-order valence-corrected chi connectivity index (χ0v) is 14.5. The van der Waals surface area contributed by atoms with Gasteiger partial charge >= 0.3 is 5.97 Å². The molecule has 1 heterocycles. The van der Waals surface area contributed by atoms with E-state index in [2.05, 4.69) is 0 Å². The summed E-state index contributed by atoms with van der Waals surface area (Å²) >= 11 is 0. The van der Waals surface area contributed by atoms with Gasteiger partial charge in [0.1, 0.15) is 11.8 Å². The van der Waals surface area contributed by atoms with Crippen LogP contribution in [0.2, 0.25) is 0 Å². The summed E-state index contributed by atoms with van der Waals surface area (Å²) in [6.07, 6.45) is -0.763. The molecule has 0 N–H and O–H groups in total. The number of esters is 1. The minimum Gasteiger partial charge on any atom is -0.497 e. The number of hydrogen-bond donors (Lipinski definition) is 0. The second kappa shape index (κ2) is 6.97. The van der Waals surface area contributed by atoms with Crippen LogP contribution in [0, 0.1) is 0 Å². The molecular formula is C20H21NO4. The maximum Gasteiger partial charge on any atom is 0.303 e. The van der Waals surface area contributed by atoms with E-state index in [-0.39, 0.29) is 18.0 Å². The summed E-state index contributed by atoms with van der Waals surface area (Å²) in [4.78, 5) is 25.8. The Morgan fingerprint density at radius 3 is 2.28 bits per heavy atom. The first-order valence-electron chi connectivity index (χ1n) is 8.21. The Balaban J connectivity index is 1.89. The van der Waals surface area contributed by atoms with Gasteiger partial charge in [0.2, 0.25) is 6.10 Å². The van der Waals surface area contributed by atoms with E-state index in [1.54, 1.807) is 12.0 Å². The van der Waals surface area contributed by atoms with Crippen LogP contribution in [-0.2, 0) is 14.3 Å². The molecule has 2 aromatic carbocycles. The van der Waals surface area contributed by atoms with Gasteiger partial charge < -0.3 is 14.4 Å². The van der Waals surface area contributed by atoms with Crippen LogP contribution in [0.15, 0.2) is 54.6 Å². The average Bonchev–Trinajstić information content (AvgIpc) is 2.64. The predicted molar refractivity (Wildman–Crippen MR) is 93.0 cm³/mol. The van der Waals surface area contributed by atoms with Crippen molar-refractivity contribution in [3.8, 4) is 5.75 Å². The Kier molecular flexibility index (Phi) is 4.74. The molecule has 5 heteroatoms. The number of carbonyl (C=O) groups is 2. The van der Waals surface area contributed by atoms with E-state index >= 15 is 0 Å². The average molecular weight is 339 g/mol. The molecule has 0 spiro atoms. The lowest BCUT2D eigenvalue weighted by Crippen LogP contribution is -2.60. The van der Waals surface area contributed by atoms with E-state index in [9.17, 15) is 9.59 Å². The lowest BCUT2D eigenvalue weighted by atomic mass is 9.87. The summed E-state index contributed by atoms with van der Waals surface area (Å²) in [5.74, 6) is 0.145. The molecule has 1 fully saturated rings. The molecular weight excluding hydrogens is 318 g/mol. The van der Waals surface area contributed by atoms with Gasteiger partial charge in [-0.25, -0.2) is 0 Å². The standard InChI is InChI=1S/C20H21NO4/c1-13(15-9-11-17(24-3)12-10-15)21-18(16-7-5-4-6-8-16)19(20(21)23)25-14(2)22/h4-13,18-19H,1-3H3. The van der Waals surface area contributed by atoms with Crippen molar-refractivity contribution >= 4 is 11.9 Å². The van der Waals surface area contributed by atoms with Crippen LogP contribution in [0.4, 0.5) is 0 Å². The minimum atomic E-state index is -0.763. The number of amides is 1. The van der Waals surface area contributed by atoms with Gasteiger partial charge in [0.15, 0.2) is 0 Å². The Labute approximate surface area is 147 Å². The zero-order chi connectivity index (χ0) is 18.0. The molecule has 3 unspecified atom stereocenters. The van der Waals surface area contributed by atoms with E-state index in [4.69, 9.17) is 9.47 Å². The van der Waals surface area contributed by atoms with E-state index in [0.29, 0.717) is 0 Å². The highest BCUT2D eigenvalue weighted by Crippen LogP contribution is 2.43. The molecule has 0 bridgehead atoms. The van der Waals surface area contributed by atoms with Crippen LogP contribution in [0.3, 0.4) is 0 Å². The van der Waals surface area contributed by atoms with Gasteiger partial charge in [0.25, 0.3) is 5.91 Å². The molecule has 0 aromatic heterocycles. The Bertz CT molecular complexity index is 757. The molecule has 5 nitrogen and oxygen atoms in total. The first-order valence-corrected chi connectivity index (χ1v) is 8.21. The summed E-state index contributed by atoms with van der Waals surface area (Å²) in [6, 6.07) is 16.8. The van der Waals surface area contributed by atoms with Crippen LogP contribution in [0.1, 0.15) is 37.1 Å². The quantitative estimate of drug-likeness (QED) is 0.620. The molecule has 0 radical (unpaired) electrons. The summed E-state index contributed by atoms with van der Waals surface area (Å²) in [5.41, 5.74) is 1.95. The smallest absolute Gasteiger partial charge is 0.303 e. The largest absolute Gasteiger partial charge is 0.497 e. The van der Waals surface area contributed by atoms with Crippen LogP contribution >= 0.6 is 0 Å². The number of methoxy groups -OCH3 is 1. The van der Waals surface area contributed by atoms with Crippen molar-refractivity contribution in [2.24, 2.45) is 0 Å². The van der Waals surface area contributed by atoms with E-state index in [1.165, 1.54) is 6.92 Å². The fourth-order valence-corrected chi connectivity index (χ4v) is 3.24. The SMILES string of the molecule is COc1ccc(C(C)N2C(=O)C(OC(C)=O)C2c2ccccc2)cc1. The highest BCUT2D eigenvalue weighted by molar-refractivity contribution is 5.91. The topological polar surface area (TPSA) is 55.8 Å². The van der Waals surface area contributed by atoms with Crippen molar-refractivity contribution in [1.29, 1.82) is 0 Å². The van der Waals surface area contributed by atoms with Gasteiger partial charge in [-0.3, -0.25) is 9.59 Å². The molecule has 1 aliphatic rings. The van der Waals surface area contributed by atoms with Crippen LogP contribution in [0.5, 0.6) is 5.75 Å². The Morgan fingerprint density at radius 1 is 1.08 bits per heavy atom. The maximum absolute atomic E-state index is 12.6. The third-order valence-corrected chi connectivity index (χ3v) is 4.53. The molecule has 0 aliphatic carbocycles. The van der Waals surface area contributed by atoms with Crippen molar-refractivity contribution in [3.05, 3.63) is 65.7 Å². The number of likely N-dealkylation sites (tertiary alicyclic amines) is 1. The van der Waals surface area contributed by atoms with Gasteiger partial charge in [-0.2, -0.15) is 0 Å². The lowest BCUT2D eigenvalue weighted by Gasteiger charge is -2.49. The highest BCUT2D eigenvalue weighted by atomic mass is 16.6. The number of hydrogen-bond acceptors (Lipinski definition) is 4. The van der Waals surface area contributed by atoms with E-state index in [0.717, 1.165) is 16.9 Å². The van der Waals surface area contributed by atoms with Gasteiger partial charge in [-0.05, 0) is 30.2 Å². The van der Waals surface area contributed by atoms with Crippen molar-refractivity contribution in [2.75, 3.05) is 7.11 Å². The van der Waals surface area contributed by atoms with Crippen molar-refractivity contribution < 1.29 is 19.1 Å². The van der Waals surface area contributed by atoms with Gasteiger partial charge in [0.05, 0.1) is 13.2 Å². The van der Waals surface area contributed by atoms with Crippen molar-refractivity contribution in [2.45, 2.75) is 32.0 Å². The number of β-lactam (4-membered cyclic amide) rings is 1. The minimum absolute atomic E-state index is 0.143. The van der Waals surface area contributed by atoms with Crippen LogP contribution in [-0.4, -0.2) is 30.0 Å².